The first-order valence-electron chi connectivity index (χ1n) is 5.56. The maximum Gasteiger partial charge on any atom is 0.306 e. The number of carboxylic acids is 1. The summed E-state index contributed by atoms with van der Waals surface area (Å²) in [4.78, 5) is 10.7. The van der Waals surface area contributed by atoms with E-state index in [2.05, 4.69) is 0 Å². The number of aliphatic carboxylic acids is 1. The van der Waals surface area contributed by atoms with Crippen LogP contribution in [0.25, 0.3) is 0 Å². The Bertz CT molecular complexity index is 369. The van der Waals surface area contributed by atoms with Crippen molar-refractivity contribution in [3.63, 3.8) is 0 Å². The van der Waals surface area contributed by atoms with Crippen LogP contribution < -0.4 is 4.74 Å². The Morgan fingerprint density at radius 1 is 1.44 bits per heavy atom. The molecule has 1 saturated carbocycles. The molecule has 2 rings (SSSR count). The minimum absolute atomic E-state index is 0.0850. The van der Waals surface area contributed by atoms with Gasteiger partial charge < -0.3 is 9.84 Å². The number of hydrogen-bond donors (Lipinski definition) is 1. The summed E-state index contributed by atoms with van der Waals surface area (Å²) in [7, 11) is 1.65. The van der Waals surface area contributed by atoms with E-state index in [4.69, 9.17) is 9.84 Å². The third-order valence-corrected chi connectivity index (χ3v) is 3.20. The van der Waals surface area contributed by atoms with E-state index in [1.807, 2.05) is 24.3 Å². The van der Waals surface area contributed by atoms with Crippen LogP contribution in [0.3, 0.4) is 0 Å². The fourth-order valence-electron chi connectivity index (χ4n) is 2.01. The van der Waals surface area contributed by atoms with Crippen LogP contribution in [-0.2, 0) is 11.2 Å². The molecule has 86 valence electrons. The largest absolute Gasteiger partial charge is 0.497 e. The molecular formula is C13H16O3. The zero-order valence-corrected chi connectivity index (χ0v) is 9.35. The highest BCUT2D eigenvalue weighted by atomic mass is 16.5. The zero-order chi connectivity index (χ0) is 11.5. The van der Waals surface area contributed by atoms with Gasteiger partial charge in [0.25, 0.3) is 0 Å². The molecule has 3 heteroatoms. The lowest BCUT2D eigenvalue weighted by Crippen LogP contribution is -2.00. The van der Waals surface area contributed by atoms with Gasteiger partial charge in [-0.3, -0.25) is 4.79 Å². The van der Waals surface area contributed by atoms with Gasteiger partial charge in [0, 0.05) is 0 Å². The van der Waals surface area contributed by atoms with E-state index in [-0.39, 0.29) is 5.92 Å². The average Bonchev–Trinajstić information content (AvgIpc) is 3.06. The van der Waals surface area contributed by atoms with Crippen molar-refractivity contribution in [3.8, 4) is 5.75 Å². The molecule has 1 N–H and O–H groups in total. The molecule has 1 aliphatic rings. The Labute approximate surface area is 95.0 Å². The fraction of sp³-hybridized carbons (Fsp3) is 0.462. The van der Waals surface area contributed by atoms with Gasteiger partial charge in [0.05, 0.1) is 13.0 Å². The minimum atomic E-state index is -0.639. The smallest absolute Gasteiger partial charge is 0.306 e. The molecule has 0 saturated heterocycles. The van der Waals surface area contributed by atoms with Gasteiger partial charge >= 0.3 is 5.97 Å². The Hall–Kier alpha value is -1.51. The molecule has 2 atom stereocenters. The van der Waals surface area contributed by atoms with Crippen molar-refractivity contribution < 1.29 is 14.6 Å². The van der Waals surface area contributed by atoms with Crippen molar-refractivity contribution in [2.45, 2.75) is 19.3 Å². The standard InChI is InChI=1S/C13H16O3/c1-16-11-6-3-9(4-7-11)2-5-10-8-12(10)13(14)15/h3-4,6-7,10,12H,2,5,8H2,1H3,(H,14,15). The van der Waals surface area contributed by atoms with Gasteiger partial charge in [0.15, 0.2) is 0 Å². The van der Waals surface area contributed by atoms with E-state index in [9.17, 15) is 4.79 Å². The number of aryl methyl sites for hydroxylation is 1. The second kappa shape index (κ2) is 4.56. The van der Waals surface area contributed by atoms with E-state index in [0.717, 1.165) is 25.0 Å². The van der Waals surface area contributed by atoms with E-state index >= 15 is 0 Å². The number of carbonyl (C=O) groups is 1. The Kier molecular flexibility index (Phi) is 3.13. The Morgan fingerprint density at radius 2 is 2.12 bits per heavy atom. The van der Waals surface area contributed by atoms with Crippen molar-refractivity contribution in [2.75, 3.05) is 7.11 Å². The molecule has 0 aliphatic heterocycles. The second-order valence-corrected chi connectivity index (χ2v) is 4.33. The van der Waals surface area contributed by atoms with Crippen LogP contribution in [0.15, 0.2) is 24.3 Å². The van der Waals surface area contributed by atoms with E-state index in [1.54, 1.807) is 7.11 Å². The van der Waals surface area contributed by atoms with Crippen LogP contribution in [0.4, 0.5) is 0 Å². The Morgan fingerprint density at radius 3 is 2.62 bits per heavy atom. The maximum atomic E-state index is 10.7. The van der Waals surface area contributed by atoms with Gasteiger partial charge in [-0.15, -0.1) is 0 Å². The number of carboxylic acid groups (broad SMARTS) is 1. The molecule has 0 aromatic heterocycles. The summed E-state index contributed by atoms with van der Waals surface area (Å²) in [5.41, 5.74) is 1.25. The summed E-state index contributed by atoms with van der Waals surface area (Å²) in [6, 6.07) is 7.96. The molecule has 1 aliphatic carbocycles. The van der Waals surface area contributed by atoms with Crippen LogP contribution in [0.2, 0.25) is 0 Å². The third kappa shape index (κ3) is 2.54. The summed E-state index contributed by atoms with van der Waals surface area (Å²) in [5, 5.41) is 8.77. The predicted molar refractivity (Wildman–Crippen MR) is 60.5 cm³/mol. The molecule has 1 fully saturated rings. The molecule has 0 amide bonds. The third-order valence-electron chi connectivity index (χ3n) is 3.20. The minimum Gasteiger partial charge on any atom is -0.497 e. The maximum absolute atomic E-state index is 10.7. The van der Waals surface area contributed by atoms with Gasteiger partial charge in [-0.25, -0.2) is 0 Å². The van der Waals surface area contributed by atoms with Crippen molar-refractivity contribution in [2.24, 2.45) is 11.8 Å². The summed E-state index contributed by atoms with van der Waals surface area (Å²) in [5.74, 6) is 0.524. The van der Waals surface area contributed by atoms with Gasteiger partial charge in [0.1, 0.15) is 5.75 Å². The number of benzene rings is 1. The van der Waals surface area contributed by atoms with E-state index in [1.165, 1.54) is 5.56 Å². The topological polar surface area (TPSA) is 46.5 Å². The number of methoxy groups -OCH3 is 1. The predicted octanol–water partition coefficient (Wildman–Crippen LogP) is 2.35. The van der Waals surface area contributed by atoms with Gasteiger partial charge in [-0.2, -0.15) is 0 Å². The van der Waals surface area contributed by atoms with Crippen molar-refractivity contribution >= 4 is 5.97 Å². The van der Waals surface area contributed by atoms with Crippen LogP contribution in [0.1, 0.15) is 18.4 Å². The highest BCUT2D eigenvalue weighted by Crippen LogP contribution is 2.42. The first-order chi connectivity index (χ1) is 7.70. The normalized spacial score (nSPS) is 22.8. The summed E-state index contributed by atoms with van der Waals surface area (Å²) < 4.78 is 5.08. The molecule has 16 heavy (non-hydrogen) atoms. The molecule has 2 unspecified atom stereocenters. The van der Waals surface area contributed by atoms with Crippen molar-refractivity contribution in [3.05, 3.63) is 29.8 Å². The molecular weight excluding hydrogens is 204 g/mol. The fourth-order valence-corrected chi connectivity index (χ4v) is 2.01. The molecule has 0 radical (unpaired) electrons. The van der Waals surface area contributed by atoms with Gasteiger partial charge in [-0.1, -0.05) is 12.1 Å². The van der Waals surface area contributed by atoms with Crippen molar-refractivity contribution in [1.82, 2.24) is 0 Å². The molecule has 3 nitrogen and oxygen atoms in total. The number of hydrogen-bond acceptors (Lipinski definition) is 2. The first-order valence-corrected chi connectivity index (χ1v) is 5.56. The average molecular weight is 220 g/mol. The summed E-state index contributed by atoms with van der Waals surface area (Å²) in [6.07, 6.45) is 2.78. The van der Waals surface area contributed by atoms with E-state index in [0.29, 0.717) is 5.92 Å². The summed E-state index contributed by atoms with van der Waals surface area (Å²) in [6.45, 7) is 0. The SMILES string of the molecule is COc1ccc(CCC2CC2C(=O)O)cc1. The molecule has 0 bridgehead atoms. The van der Waals surface area contributed by atoms with Gasteiger partial charge in [-0.05, 0) is 42.9 Å². The molecule has 1 aromatic rings. The van der Waals surface area contributed by atoms with E-state index < -0.39 is 5.97 Å². The lowest BCUT2D eigenvalue weighted by molar-refractivity contribution is -0.138. The molecule has 0 heterocycles. The number of rotatable bonds is 5. The summed E-state index contributed by atoms with van der Waals surface area (Å²) >= 11 is 0. The molecule has 1 aromatic carbocycles. The van der Waals surface area contributed by atoms with Crippen LogP contribution in [-0.4, -0.2) is 18.2 Å². The Balaban J connectivity index is 1.80. The molecule has 0 spiro atoms. The highest BCUT2D eigenvalue weighted by molar-refractivity contribution is 5.73. The van der Waals surface area contributed by atoms with Crippen LogP contribution in [0, 0.1) is 11.8 Å². The quantitative estimate of drug-likeness (QED) is 0.828. The highest BCUT2D eigenvalue weighted by Gasteiger charge is 2.42. The van der Waals surface area contributed by atoms with Crippen LogP contribution in [0.5, 0.6) is 5.75 Å². The van der Waals surface area contributed by atoms with Gasteiger partial charge in [0.2, 0.25) is 0 Å². The lowest BCUT2D eigenvalue weighted by atomic mass is 10.1. The monoisotopic (exact) mass is 220 g/mol. The zero-order valence-electron chi connectivity index (χ0n) is 9.35. The second-order valence-electron chi connectivity index (χ2n) is 4.33. The lowest BCUT2D eigenvalue weighted by Gasteiger charge is -2.02. The number of ether oxygens (including phenoxy) is 1. The van der Waals surface area contributed by atoms with Crippen LogP contribution >= 0.6 is 0 Å². The first kappa shape index (κ1) is 11.0. The van der Waals surface area contributed by atoms with Crippen molar-refractivity contribution in [1.29, 1.82) is 0 Å².